The van der Waals surface area contributed by atoms with Crippen molar-refractivity contribution in [2.45, 2.75) is 6.54 Å². The molecule has 3 aromatic rings. The Morgan fingerprint density at radius 3 is 2.35 bits per heavy atom. The quantitative estimate of drug-likeness (QED) is 0.673. The van der Waals surface area contributed by atoms with Crippen LogP contribution in [0.15, 0.2) is 40.8 Å². The van der Waals surface area contributed by atoms with Crippen LogP contribution in [-0.2, 0) is 6.54 Å². The van der Waals surface area contributed by atoms with Crippen LogP contribution in [-0.4, -0.2) is 0 Å². The topological polar surface area (TPSA) is 39.2 Å². The molecule has 20 heavy (non-hydrogen) atoms. The minimum atomic E-state index is 0.278. The Morgan fingerprint density at radius 2 is 1.65 bits per heavy atom. The lowest BCUT2D eigenvalue weighted by Crippen LogP contribution is -1.96. The molecular weight excluding hydrogens is 317 g/mol. The van der Waals surface area contributed by atoms with E-state index in [1.54, 1.807) is 18.2 Å². The highest BCUT2D eigenvalue weighted by Gasteiger charge is 2.17. The fourth-order valence-corrected chi connectivity index (χ4v) is 2.93. The number of rotatable bonds is 2. The maximum absolute atomic E-state index is 6.29. The van der Waals surface area contributed by atoms with Gasteiger partial charge in [0.1, 0.15) is 11.3 Å². The van der Waals surface area contributed by atoms with Crippen molar-refractivity contribution in [2.24, 2.45) is 5.73 Å². The molecule has 0 fully saturated rings. The van der Waals surface area contributed by atoms with Crippen molar-refractivity contribution in [1.82, 2.24) is 0 Å². The van der Waals surface area contributed by atoms with Gasteiger partial charge in [0, 0.05) is 26.6 Å². The molecule has 2 aromatic carbocycles. The van der Waals surface area contributed by atoms with Crippen molar-refractivity contribution in [3.05, 3.63) is 57.2 Å². The van der Waals surface area contributed by atoms with Gasteiger partial charge in [-0.25, -0.2) is 0 Å². The van der Waals surface area contributed by atoms with Crippen LogP contribution in [0.5, 0.6) is 0 Å². The number of hydrogen-bond acceptors (Lipinski definition) is 2. The number of furan rings is 1. The zero-order valence-electron chi connectivity index (χ0n) is 10.3. The first-order chi connectivity index (χ1) is 9.60. The normalized spacial score (nSPS) is 11.2. The van der Waals surface area contributed by atoms with Crippen LogP contribution in [0, 0.1) is 0 Å². The summed E-state index contributed by atoms with van der Waals surface area (Å²) < 4.78 is 5.77. The first-order valence-corrected chi connectivity index (χ1v) is 7.10. The summed E-state index contributed by atoms with van der Waals surface area (Å²) in [5, 5.41) is 2.66. The first-order valence-electron chi connectivity index (χ1n) is 5.96. The Balaban J connectivity index is 2.36. The summed E-state index contributed by atoms with van der Waals surface area (Å²) in [6.45, 7) is 0.278. The molecule has 0 bridgehead atoms. The third kappa shape index (κ3) is 2.29. The van der Waals surface area contributed by atoms with E-state index in [2.05, 4.69) is 0 Å². The molecule has 0 aliphatic rings. The van der Waals surface area contributed by atoms with Crippen molar-refractivity contribution in [3.63, 3.8) is 0 Å². The molecule has 0 aliphatic heterocycles. The van der Waals surface area contributed by atoms with Crippen molar-refractivity contribution < 1.29 is 4.42 Å². The summed E-state index contributed by atoms with van der Waals surface area (Å²) >= 11 is 18.3. The van der Waals surface area contributed by atoms with Gasteiger partial charge in [0.05, 0.1) is 11.6 Å². The van der Waals surface area contributed by atoms with Gasteiger partial charge in [-0.2, -0.15) is 0 Å². The van der Waals surface area contributed by atoms with Crippen LogP contribution in [0.2, 0.25) is 15.1 Å². The van der Waals surface area contributed by atoms with Crippen LogP contribution in [0.25, 0.3) is 22.1 Å². The van der Waals surface area contributed by atoms with Gasteiger partial charge in [0.15, 0.2) is 0 Å². The first kappa shape index (κ1) is 13.8. The van der Waals surface area contributed by atoms with Crippen LogP contribution in [0.3, 0.4) is 0 Å². The van der Waals surface area contributed by atoms with E-state index in [1.165, 1.54) is 0 Å². The Kier molecular flexibility index (Phi) is 3.65. The molecule has 0 atom stereocenters. The van der Waals surface area contributed by atoms with Crippen LogP contribution >= 0.6 is 34.8 Å². The third-order valence-corrected chi connectivity index (χ3v) is 3.89. The van der Waals surface area contributed by atoms with Crippen molar-refractivity contribution in [3.8, 4) is 11.1 Å². The Labute approximate surface area is 131 Å². The highest BCUT2D eigenvalue weighted by Crippen LogP contribution is 2.40. The molecule has 0 saturated carbocycles. The second-order valence-corrected chi connectivity index (χ2v) is 5.65. The highest BCUT2D eigenvalue weighted by molar-refractivity contribution is 6.37. The molecule has 3 rings (SSSR count). The molecule has 0 aliphatic carbocycles. The molecule has 0 unspecified atom stereocenters. The second kappa shape index (κ2) is 5.30. The zero-order valence-corrected chi connectivity index (χ0v) is 12.6. The molecule has 0 amide bonds. The van der Waals surface area contributed by atoms with Gasteiger partial charge >= 0.3 is 0 Å². The summed E-state index contributed by atoms with van der Waals surface area (Å²) in [5.41, 5.74) is 8.20. The lowest BCUT2D eigenvalue weighted by molar-refractivity contribution is 0.554. The van der Waals surface area contributed by atoms with E-state index in [-0.39, 0.29) is 6.54 Å². The van der Waals surface area contributed by atoms with E-state index >= 15 is 0 Å². The van der Waals surface area contributed by atoms with E-state index < -0.39 is 0 Å². The van der Waals surface area contributed by atoms with E-state index in [0.717, 1.165) is 22.1 Å². The lowest BCUT2D eigenvalue weighted by atomic mass is 10.0. The maximum atomic E-state index is 6.29. The standard InChI is InChI=1S/C15H10Cl3NO/c16-8-2-4-13-11(5-8)15(14(7-19)20-13)10-3-1-9(17)6-12(10)18/h1-6H,7,19H2. The van der Waals surface area contributed by atoms with E-state index in [1.807, 2.05) is 18.2 Å². The zero-order chi connectivity index (χ0) is 14.3. The second-order valence-electron chi connectivity index (χ2n) is 4.37. The fourth-order valence-electron chi connectivity index (χ4n) is 2.25. The predicted octanol–water partition coefficient (Wildman–Crippen LogP) is 5.52. The summed E-state index contributed by atoms with van der Waals surface area (Å²) in [4.78, 5) is 0. The molecule has 0 saturated heterocycles. The van der Waals surface area contributed by atoms with Gasteiger partial charge < -0.3 is 10.2 Å². The monoisotopic (exact) mass is 325 g/mol. The van der Waals surface area contributed by atoms with Gasteiger partial charge in [-0.05, 0) is 30.3 Å². The minimum Gasteiger partial charge on any atom is -0.459 e. The molecule has 0 spiro atoms. The number of benzene rings is 2. The molecular formula is C15H10Cl3NO. The molecule has 0 radical (unpaired) electrons. The summed E-state index contributed by atoms with van der Waals surface area (Å²) in [5.74, 6) is 0.673. The highest BCUT2D eigenvalue weighted by atomic mass is 35.5. The minimum absolute atomic E-state index is 0.278. The fraction of sp³-hybridized carbons (Fsp3) is 0.0667. The van der Waals surface area contributed by atoms with E-state index in [0.29, 0.717) is 20.8 Å². The molecule has 2 nitrogen and oxygen atoms in total. The Hall–Kier alpha value is -1.19. The van der Waals surface area contributed by atoms with Crippen molar-refractivity contribution >= 4 is 45.8 Å². The number of halogens is 3. The average Bonchev–Trinajstić information content (AvgIpc) is 2.76. The molecule has 1 heterocycles. The van der Waals surface area contributed by atoms with Gasteiger partial charge in [-0.15, -0.1) is 0 Å². The number of fused-ring (bicyclic) bond motifs is 1. The van der Waals surface area contributed by atoms with Crippen LogP contribution in [0.1, 0.15) is 5.76 Å². The van der Waals surface area contributed by atoms with Crippen LogP contribution < -0.4 is 5.73 Å². The van der Waals surface area contributed by atoms with Crippen molar-refractivity contribution in [1.29, 1.82) is 0 Å². The van der Waals surface area contributed by atoms with Gasteiger partial charge in [0.25, 0.3) is 0 Å². The molecule has 2 N–H and O–H groups in total. The number of hydrogen-bond donors (Lipinski definition) is 1. The van der Waals surface area contributed by atoms with Gasteiger partial charge in [-0.3, -0.25) is 0 Å². The lowest BCUT2D eigenvalue weighted by Gasteiger charge is -2.05. The van der Waals surface area contributed by atoms with E-state index in [4.69, 9.17) is 45.0 Å². The summed E-state index contributed by atoms with van der Waals surface area (Å²) in [6, 6.07) is 10.8. The molecule has 1 aromatic heterocycles. The molecule has 5 heteroatoms. The summed E-state index contributed by atoms with van der Waals surface area (Å²) in [6.07, 6.45) is 0. The van der Waals surface area contributed by atoms with Gasteiger partial charge in [-0.1, -0.05) is 40.9 Å². The maximum Gasteiger partial charge on any atom is 0.135 e. The Morgan fingerprint density at radius 1 is 0.950 bits per heavy atom. The number of nitrogens with two attached hydrogens (primary N) is 1. The van der Waals surface area contributed by atoms with Crippen molar-refractivity contribution in [2.75, 3.05) is 0 Å². The Bertz CT molecular complexity index is 795. The smallest absolute Gasteiger partial charge is 0.135 e. The predicted molar refractivity (Wildman–Crippen MR) is 84.6 cm³/mol. The molecule has 102 valence electrons. The SMILES string of the molecule is NCc1oc2ccc(Cl)cc2c1-c1ccc(Cl)cc1Cl. The van der Waals surface area contributed by atoms with Crippen LogP contribution in [0.4, 0.5) is 0 Å². The average molecular weight is 327 g/mol. The third-order valence-electron chi connectivity index (χ3n) is 3.11. The van der Waals surface area contributed by atoms with E-state index in [9.17, 15) is 0 Å². The van der Waals surface area contributed by atoms with Gasteiger partial charge in [0.2, 0.25) is 0 Å². The largest absolute Gasteiger partial charge is 0.459 e. The summed E-state index contributed by atoms with van der Waals surface area (Å²) in [7, 11) is 0.